The van der Waals surface area contributed by atoms with Gasteiger partial charge < -0.3 is 10.2 Å². The number of aryl methyl sites for hydroxylation is 1. The summed E-state index contributed by atoms with van der Waals surface area (Å²) >= 11 is 0. The summed E-state index contributed by atoms with van der Waals surface area (Å²) in [5.41, 5.74) is 19.5. The first-order valence-electron chi connectivity index (χ1n) is 18.7. The van der Waals surface area contributed by atoms with Crippen LogP contribution in [0.1, 0.15) is 44.5 Å². The first-order valence-corrected chi connectivity index (χ1v) is 18.7. The van der Waals surface area contributed by atoms with Gasteiger partial charge in [0.25, 0.3) is 0 Å². The zero-order chi connectivity index (χ0) is 36.1. The van der Waals surface area contributed by atoms with Crippen LogP contribution in [0.4, 0.5) is 17.1 Å². The Hall–Kier alpha value is -6.90. The lowest BCUT2D eigenvalue weighted by Crippen LogP contribution is -2.26. The molecule has 7 aromatic rings. The average molecular weight is 691 g/mol. The van der Waals surface area contributed by atoms with Gasteiger partial charge in [-0.3, -0.25) is 0 Å². The minimum Gasteiger partial charge on any atom is -0.360 e. The smallest absolute Gasteiger partial charge is 0.0725 e. The second kappa shape index (κ2) is 12.9. The highest BCUT2D eigenvalue weighted by Gasteiger charge is 2.51. The van der Waals surface area contributed by atoms with Crippen LogP contribution in [0.25, 0.3) is 40.5 Å². The molecule has 0 saturated carbocycles. The molecule has 3 aliphatic rings. The molecule has 0 radical (unpaired) electrons. The molecule has 2 heteroatoms. The van der Waals surface area contributed by atoms with Crippen LogP contribution in [0.2, 0.25) is 0 Å². The Morgan fingerprint density at radius 1 is 0.500 bits per heavy atom. The van der Waals surface area contributed by atoms with Gasteiger partial charge in [-0.1, -0.05) is 163 Å². The number of allylic oxidation sites excluding steroid dienone is 3. The Bertz CT molecular complexity index is 2650. The zero-order valence-corrected chi connectivity index (χ0v) is 30.1. The molecule has 256 valence electrons. The predicted molar refractivity (Wildman–Crippen MR) is 228 cm³/mol. The lowest BCUT2D eigenvalue weighted by molar-refractivity contribution is 0.792. The van der Waals surface area contributed by atoms with Crippen LogP contribution >= 0.6 is 0 Å². The summed E-state index contributed by atoms with van der Waals surface area (Å²) in [7, 11) is 0. The lowest BCUT2D eigenvalue weighted by Gasteiger charge is -2.30. The lowest BCUT2D eigenvalue weighted by atomic mass is 9.70. The normalized spacial score (nSPS) is 16.2. The highest BCUT2D eigenvalue weighted by molar-refractivity contribution is 5.95. The molecule has 2 nitrogen and oxygen atoms in total. The average Bonchev–Trinajstić information content (AvgIpc) is 3.67. The third-order valence-electron chi connectivity index (χ3n) is 11.1. The van der Waals surface area contributed by atoms with Gasteiger partial charge in [0.2, 0.25) is 0 Å². The van der Waals surface area contributed by atoms with Crippen LogP contribution in [0, 0.1) is 6.92 Å². The summed E-state index contributed by atoms with van der Waals surface area (Å²) in [5.74, 6) is 0. The first-order chi connectivity index (χ1) is 26.7. The van der Waals surface area contributed by atoms with Gasteiger partial charge >= 0.3 is 0 Å². The van der Waals surface area contributed by atoms with E-state index in [1.54, 1.807) is 0 Å². The van der Waals surface area contributed by atoms with Crippen molar-refractivity contribution >= 4 is 35.3 Å². The standard InChI is InChI=1S/C52H38N2/c1-36-23-31-45-46-32-28-38(34-50(46)52(49(45)33-36)47-20-10-8-18-43(47)44-19-9-11-21-48(44)52)25-24-37-26-29-41(30-27-37)54-42(35-53-40-15-3-2-4-16-40)17-7-5-13-39-14-6-12-22-51(39)54/h2-35,53H,1H3/b13-5-,17-7-,25-24+,42-35-. The molecule has 0 amide bonds. The van der Waals surface area contributed by atoms with Crippen molar-refractivity contribution in [1.82, 2.24) is 0 Å². The van der Waals surface area contributed by atoms with Crippen LogP contribution in [-0.4, -0.2) is 0 Å². The van der Waals surface area contributed by atoms with Crippen LogP contribution in [0.5, 0.6) is 0 Å². The number of hydrogen-bond donors (Lipinski definition) is 1. The van der Waals surface area contributed by atoms with Crippen LogP contribution in [0.15, 0.2) is 194 Å². The molecule has 1 spiro atoms. The van der Waals surface area contributed by atoms with E-state index in [1.807, 2.05) is 18.2 Å². The van der Waals surface area contributed by atoms with E-state index in [0.29, 0.717) is 0 Å². The van der Waals surface area contributed by atoms with Gasteiger partial charge in [0, 0.05) is 17.6 Å². The van der Waals surface area contributed by atoms with Gasteiger partial charge in [-0.05, 0) is 111 Å². The summed E-state index contributed by atoms with van der Waals surface area (Å²) in [4.78, 5) is 2.31. The maximum Gasteiger partial charge on any atom is 0.0725 e. The fraction of sp³-hybridized carbons (Fsp3) is 0.0385. The minimum atomic E-state index is -0.345. The molecule has 0 bridgehead atoms. The third kappa shape index (κ3) is 5.10. The van der Waals surface area contributed by atoms with E-state index in [2.05, 4.69) is 205 Å². The molecular formula is C52H38N2. The van der Waals surface area contributed by atoms with Gasteiger partial charge in [-0.2, -0.15) is 0 Å². The molecule has 2 aliphatic carbocycles. The molecule has 0 atom stereocenters. The van der Waals surface area contributed by atoms with Crippen molar-refractivity contribution in [3.8, 4) is 22.3 Å². The van der Waals surface area contributed by atoms with Gasteiger partial charge in [0.15, 0.2) is 0 Å². The number of fused-ring (bicyclic) bond motifs is 11. The molecule has 7 aromatic carbocycles. The topological polar surface area (TPSA) is 15.3 Å². The Morgan fingerprint density at radius 3 is 1.87 bits per heavy atom. The Labute approximate surface area is 317 Å². The molecule has 1 aliphatic heterocycles. The van der Waals surface area contributed by atoms with E-state index in [9.17, 15) is 0 Å². The summed E-state index contributed by atoms with van der Waals surface area (Å²) < 4.78 is 0. The van der Waals surface area contributed by atoms with Crippen LogP contribution in [-0.2, 0) is 5.41 Å². The molecule has 1 N–H and O–H groups in total. The number of benzene rings is 7. The van der Waals surface area contributed by atoms with Gasteiger partial charge in [0.1, 0.15) is 0 Å². The van der Waals surface area contributed by atoms with Crippen molar-refractivity contribution in [3.05, 3.63) is 238 Å². The van der Waals surface area contributed by atoms with E-state index < -0.39 is 0 Å². The third-order valence-corrected chi connectivity index (χ3v) is 11.1. The fourth-order valence-electron chi connectivity index (χ4n) is 8.75. The summed E-state index contributed by atoms with van der Waals surface area (Å²) in [6, 6.07) is 59.7. The second-order valence-electron chi connectivity index (χ2n) is 14.3. The summed E-state index contributed by atoms with van der Waals surface area (Å²) in [5, 5.41) is 3.51. The predicted octanol–water partition coefficient (Wildman–Crippen LogP) is 13.2. The maximum atomic E-state index is 3.51. The van der Waals surface area contributed by atoms with Crippen molar-refractivity contribution in [1.29, 1.82) is 0 Å². The van der Waals surface area contributed by atoms with Crippen LogP contribution in [0.3, 0.4) is 0 Å². The van der Waals surface area contributed by atoms with Crippen molar-refractivity contribution in [2.75, 3.05) is 10.2 Å². The number of nitrogens with one attached hydrogen (secondary N) is 1. The largest absolute Gasteiger partial charge is 0.360 e. The molecule has 0 fully saturated rings. The number of rotatable bonds is 5. The molecule has 0 unspecified atom stereocenters. The van der Waals surface area contributed by atoms with Crippen molar-refractivity contribution in [2.45, 2.75) is 12.3 Å². The number of para-hydroxylation sites is 2. The summed E-state index contributed by atoms with van der Waals surface area (Å²) in [6.45, 7) is 2.21. The number of hydrogen-bond acceptors (Lipinski definition) is 2. The fourth-order valence-corrected chi connectivity index (χ4v) is 8.75. The van der Waals surface area contributed by atoms with E-state index in [1.165, 1.54) is 55.6 Å². The molecule has 0 aromatic heterocycles. The van der Waals surface area contributed by atoms with Gasteiger partial charge in [-0.25, -0.2) is 0 Å². The first kappa shape index (κ1) is 31.8. The monoisotopic (exact) mass is 690 g/mol. The second-order valence-corrected chi connectivity index (χ2v) is 14.3. The van der Waals surface area contributed by atoms with E-state index in [4.69, 9.17) is 0 Å². The zero-order valence-electron chi connectivity index (χ0n) is 30.1. The minimum absolute atomic E-state index is 0.345. The Morgan fingerprint density at radius 2 is 1.09 bits per heavy atom. The SMILES string of the molecule is Cc1ccc2c(c1)C1(c3ccccc3-c3ccccc31)c1cc(/C=C/c3ccc(N4C(=C\Nc5ccccc5)/C=C\C=C/c5ccccc54)cc3)ccc1-2. The number of anilines is 3. The van der Waals surface area contributed by atoms with E-state index >= 15 is 0 Å². The molecular weight excluding hydrogens is 653 g/mol. The van der Waals surface area contributed by atoms with Crippen molar-refractivity contribution in [2.24, 2.45) is 0 Å². The summed E-state index contributed by atoms with van der Waals surface area (Å²) in [6.07, 6.45) is 15.1. The van der Waals surface area contributed by atoms with Gasteiger partial charge in [0.05, 0.1) is 16.8 Å². The van der Waals surface area contributed by atoms with E-state index in [-0.39, 0.29) is 5.41 Å². The quantitative estimate of drug-likeness (QED) is 0.181. The van der Waals surface area contributed by atoms with Crippen molar-refractivity contribution in [3.63, 3.8) is 0 Å². The molecule has 0 saturated heterocycles. The highest BCUT2D eigenvalue weighted by atomic mass is 15.2. The highest BCUT2D eigenvalue weighted by Crippen LogP contribution is 2.62. The van der Waals surface area contributed by atoms with E-state index in [0.717, 1.165) is 33.9 Å². The number of nitrogens with zero attached hydrogens (tertiary/aromatic N) is 1. The van der Waals surface area contributed by atoms with Crippen molar-refractivity contribution < 1.29 is 0 Å². The Balaban J connectivity index is 1.02. The maximum absolute atomic E-state index is 3.51. The van der Waals surface area contributed by atoms with Crippen LogP contribution < -0.4 is 10.2 Å². The molecule has 10 rings (SSSR count). The van der Waals surface area contributed by atoms with Gasteiger partial charge in [-0.15, -0.1) is 0 Å². The molecule has 1 heterocycles. The molecule has 54 heavy (non-hydrogen) atoms. The Kier molecular flexibility index (Phi) is 7.63.